The Morgan fingerprint density at radius 2 is 1.21 bits per heavy atom. The molecule has 0 radical (unpaired) electrons. The van der Waals surface area contributed by atoms with Gasteiger partial charge in [-0.25, -0.2) is 4.79 Å². The number of carbonyl (C=O) groups is 10. The SMILES string of the molecule is CSCC[C@H](NC(=O)[C@@H](NC(=O)[C@H](CO)NC(=O)[C@H](Cc1ccccc1)NC(=O)[C@H](CCCN=C(N)N)NC(=O)[C@H](CC(N)=O)NC(=O)[C@@H](N)CC(C)C)[C@@H](C)O)C(=O)N1CCC[C@H]1C(=O)N[C@@H](Cc1ccccc1)C(=O)O. The van der Waals surface area contributed by atoms with E-state index in [1.54, 1.807) is 66.9 Å². The molecule has 0 aliphatic carbocycles. The summed E-state index contributed by atoms with van der Waals surface area (Å²) in [6, 6.07) is 4.12. The number of aliphatic imine (C=N–C) groups is 1. The molecule has 3 rings (SSSR count). The monoisotopic (exact) mass is 1110 g/mol. The van der Waals surface area contributed by atoms with Gasteiger partial charge in [0.15, 0.2) is 5.96 Å². The minimum atomic E-state index is -1.81. The van der Waals surface area contributed by atoms with Gasteiger partial charge in [-0.3, -0.25) is 48.1 Å². The van der Waals surface area contributed by atoms with E-state index in [9.17, 15) is 63.3 Å². The number of guanidine groups is 1. The number of primary amides is 1. The minimum Gasteiger partial charge on any atom is -0.480 e. The Kier molecular flexibility index (Phi) is 27.5. The number of thioether (sulfide) groups is 1. The number of hydrogen-bond acceptors (Lipinski definition) is 15. The number of likely N-dealkylation sites (tertiary alicyclic amines) is 1. The summed E-state index contributed by atoms with van der Waals surface area (Å²) in [4.78, 5) is 140. The second-order valence-corrected chi connectivity index (χ2v) is 20.3. The van der Waals surface area contributed by atoms with E-state index in [0.29, 0.717) is 23.3 Å². The van der Waals surface area contributed by atoms with Gasteiger partial charge in [0.2, 0.25) is 53.2 Å². The van der Waals surface area contributed by atoms with Gasteiger partial charge in [0.25, 0.3) is 0 Å². The van der Waals surface area contributed by atoms with E-state index in [1.165, 1.54) is 23.6 Å². The highest BCUT2D eigenvalue weighted by Crippen LogP contribution is 2.21. The van der Waals surface area contributed by atoms with Gasteiger partial charge in [0.1, 0.15) is 48.3 Å². The number of amides is 9. The maximum absolute atomic E-state index is 14.2. The lowest BCUT2D eigenvalue weighted by molar-refractivity contribution is -0.145. The van der Waals surface area contributed by atoms with Crippen LogP contribution in [0.15, 0.2) is 65.7 Å². The largest absolute Gasteiger partial charge is 0.480 e. The van der Waals surface area contributed by atoms with Crippen LogP contribution in [-0.4, -0.2) is 177 Å². The molecule has 10 atom stereocenters. The molecule has 0 spiro atoms. The Bertz CT molecular complexity index is 2380. The average Bonchev–Trinajstić information content (AvgIpc) is 3.90. The minimum absolute atomic E-state index is 0.000958. The summed E-state index contributed by atoms with van der Waals surface area (Å²) in [6.07, 6.45) is 0.0852. The van der Waals surface area contributed by atoms with Gasteiger partial charge in [-0.2, -0.15) is 11.8 Å². The Balaban J connectivity index is 1.84. The van der Waals surface area contributed by atoms with Crippen LogP contribution in [0.25, 0.3) is 0 Å². The molecule has 1 heterocycles. The normalized spacial score (nSPS) is 16.5. The van der Waals surface area contributed by atoms with Crippen LogP contribution in [0.1, 0.15) is 76.8 Å². The van der Waals surface area contributed by atoms with Crippen LogP contribution < -0.4 is 60.2 Å². The van der Waals surface area contributed by atoms with Crippen LogP contribution in [-0.2, 0) is 60.8 Å². The summed E-state index contributed by atoms with van der Waals surface area (Å²) in [7, 11) is 0. The molecule has 27 heteroatoms. The van der Waals surface area contributed by atoms with Crippen molar-refractivity contribution in [2.24, 2.45) is 33.8 Å². The number of carboxylic acid groups (broad SMARTS) is 1. The molecule has 0 bridgehead atoms. The molecule has 0 unspecified atom stereocenters. The van der Waals surface area contributed by atoms with Crippen molar-refractivity contribution >= 4 is 76.9 Å². The number of hydrogen-bond donors (Lipinski definition) is 14. The van der Waals surface area contributed by atoms with Crippen molar-refractivity contribution in [1.29, 1.82) is 0 Å². The highest BCUT2D eigenvalue weighted by atomic mass is 32.2. The number of nitrogens with one attached hydrogen (secondary N) is 7. The van der Waals surface area contributed by atoms with Gasteiger partial charge in [0, 0.05) is 25.9 Å². The zero-order chi connectivity index (χ0) is 58.1. The van der Waals surface area contributed by atoms with Crippen LogP contribution in [0.4, 0.5) is 0 Å². The first-order chi connectivity index (χ1) is 36.9. The number of carbonyl (C=O) groups excluding carboxylic acids is 9. The maximum atomic E-state index is 14.2. The number of aliphatic hydroxyl groups excluding tert-OH is 2. The van der Waals surface area contributed by atoms with Gasteiger partial charge >= 0.3 is 5.97 Å². The first kappa shape index (κ1) is 64.9. The smallest absolute Gasteiger partial charge is 0.326 e. The summed E-state index contributed by atoms with van der Waals surface area (Å²) in [6.45, 7) is 3.88. The Morgan fingerprint density at radius 1 is 0.679 bits per heavy atom. The number of aliphatic carboxylic acids is 1. The average molecular weight is 1110 g/mol. The number of nitrogens with two attached hydrogens (primary N) is 4. The van der Waals surface area contributed by atoms with Crippen LogP contribution in [0.3, 0.4) is 0 Å². The van der Waals surface area contributed by atoms with E-state index in [0.717, 1.165) is 0 Å². The molecule has 2 aromatic rings. The molecular weight excluding hydrogens is 1030 g/mol. The third kappa shape index (κ3) is 21.9. The zero-order valence-corrected chi connectivity index (χ0v) is 45.2. The third-order valence-corrected chi connectivity index (χ3v) is 13.1. The van der Waals surface area contributed by atoms with Crippen molar-refractivity contribution in [1.82, 2.24) is 42.1 Å². The van der Waals surface area contributed by atoms with E-state index in [2.05, 4.69) is 42.2 Å². The van der Waals surface area contributed by atoms with Gasteiger partial charge in [0.05, 0.1) is 25.2 Å². The standard InChI is InChI=1S/C51H77N13O13S/c1-28(2)23-32(52)42(68)59-36(26-40(53)67)45(71)57-33(17-11-20-56-51(54)55)43(69)60-35(24-30-13-7-5-8-14-30)44(70)62-38(27-65)46(72)63-41(29(3)66)48(74)58-34(19-22-78-4)49(75)64-21-12-18-39(64)47(73)61-37(50(76)77)25-31-15-9-6-10-16-31/h5-10,13-16,28-29,32-39,41,65-66H,11-12,17-27,52H2,1-4H3,(H2,53,67)(H,57,71)(H,58,74)(H,59,68)(H,60,69)(H,61,73)(H,62,70)(H,63,72)(H,76,77)(H4,54,55,56)/t29-,32+,33+,34+,35+,36+,37+,38+,39+,41+/m1/s1. The van der Waals surface area contributed by atoms with Crippen molar-refractivity contribution in [3.8, 4) is 0 Å². The van der Waals surface area contributed by atoms with E-state index < -0.39 is 133 Å². The molecule has 1 saturated heterocycles. The molecule has 26 nitrogen and oxygen atoms in total. The summed E-state index contributed by atoms with van der Waals surface area (Å²) in [5, 5.41) is 48.5. The molecule has 1 fully saturated rings. The van der Waals surface area contributed by atoms with Crippen molar-refractivity contribution in [3.05, 3.63) is 71.8 Å². The van der Waals surface area contributed by atoms with Crippen molar-refractivity contribution in [2.45, 2.75) is 139 Å². The van der Waals surface area contributed by atoms with Crippen LogP contribution in [0, 0.1) is 5.92 Å². The number of benzene rings is 2. The number of carboxylic acids is 1. The number of rotatable bonds is 33. The second kappa shape index (κ2) is 33.0. The number of nitrogens with zero attached hydrogens (tertiary/aromatic N) is 2. The first-order valence-corrected chi connectivity index (χ1v) is 27.0. The maximum Gasteiger partial charge on any atom is 0.326 e. The third-order valence-electron chi connectivity index (χ3n) is 12.4. The Hall–Kier alpha value is -7.36. The van der Waals surface area contributed by atoms with Crippen molar-refractivity contribution in [2.75, 3.05) is 31.7 Å². The second-order valence-electron chi connectivity index (χ2n) is 19.3. The highest BCUT2D eigenvalue weighted by Gasteiger charge is 2.41. The summed E-state index contributed by atoms with van der Waals surface area (Å²) in [5.74, 6) is -9.41. The lowest BCUT2D eigenvalue weighted by atomic mass is 10.0. The molecule has 78 heavy (non-hydrogen) atoms. The zero-order valence-electron chi connectivity index (χ0n) is 44.4. The Labute approximate surface area is 457 Å². The fourth-order valence-corrected chi connectivity index (χ4v) is 8.85. The van der Waals surface area contributed by atoms with Crippen LogP contribution in [0.2, 0.25) is 0 Å². The molecule has 1 aliphatic heterocycles. The summed E-state index contributed by atoms with van der Waals surface area (Å²) < 4.78 is 0. The van der Waals surface area contributed by atoms with Gasteiger partial charge in [-0.1, -0.05) is 74.5 Å². The summed E-state index contributed by atoms with van der Waals surface area (Å²) >= 11 is 1.35. The highest BCUT2D eigenvalue weighted by molar-refractivity contribution is 7.98. The molecule has 1 aliphatic rings. The molecule has 0 saturated carbocycles. The molecule has 0 aromatic heterocycles. The number of aliphatic hydroxyl groups is 2. The molecule has 2 aromatic carbocycles. The topological polar surface area (TPSA) is 435 Å². The van der Waals surface area contributed by atoms with Crippen LogP contribution in [0.5, 0.6) is 0 Å². The van der Waals surface area contributed by atoms with E-state index >= 15 is 0 Å². The van der Waals surface area contributed by atoms with Crippen LogP contribution >= 0.6 is 11.8 Å². The van der Waals surface area contributed by atoms with Gasteiger partial charge in [-0.05, 0) is 74.5 Å². The van der Waals surface area contributed by atoms with Gasteiger partial charge in [-0.15, -0.1) is 0 Å². The molecule has 9 amide bonds. The lowest BCUT2D eigenvalue weighted by Crippen LogP contribution is -2.62. The van der Waals surface area contributed by atoms with E-state index in [4.69, 9.17) is 22.9 Å². The van der Waals surface area contributed by atoms with E-state index in [1.807, 2.05) is 13.8 Å². The van der Waals surface area contributed by atoms with Crippen molar-refractivity contribution < 1.29 is 63.3 Å². The molecule has 430 valence electrons. The molecule has 18 N–H and O–H groups in total. The van der Waals surface area contributed by atoms with Gasteiger partial charge < -0.3 is 80.4 Å². The predicted molar refractivity (Wildman–Crippen MR) is 289 cm³/mol. The lowest BCUT2D eigenvalue weighted by Gasteiger charge is -2.31. The van der Waals surface area contributed by atoms with Crippen molar-refractivity contribution in [3.63, 3.8) is 0 Å². The predicted octanol–water partition coefficient (Wildman–Crippen LogP) is -3.63. The molecular formula is C51H77N13O13S. The summed E-state index contributed by atoms with van der Waals surface area (Å²) in [5.41, 5.74) is 23.6. The fraction of sp³-hybridized carbons (Fsp3) is 0.549. The Morgan fingerprint density at radius 3 is 1.74 bits per heavy atom. The quantitative estimate of drug-likeness (QED) is 0.0186. The fourth-order valence-electron chi connectivity index (χ4n) is 8.38. The first-order valence-electron chi connectivity index (χ1n) is 25.6. The van der Waals surface area contributed by atoms with E-state index in [-0.39, 0.29) is 69.9 Å².